The van der Waals surface area contributed by atoms with Crippen molar-refractivity contribution >= 4 is 29.7 Å². The molecule has 0 aromatic heterocycles. The van der Waals surface area contributed by atoms with Crippen LogP contribution >= 0.6 is 0 Å². The summed E-state index contributed by atoms with van der Waals surface area (Å²) in [5.41, 5.74) is 2.42. The van der Waals surface area contributed by atoms with Gasteiger partial charge in [0.05, 0.1) is 7.11 Å². The van der Waals surface area contributed by atoms with E-state index in [0.717, 1.165) is 11.1 Å². The largest absolute Gasteiger partial charge is 0.497 e. The van der Waals surface area contributed by atoms with Gasteiger partial charge in [-0.05, 0) is 47.5 Å². The Labute approximate surface area is 175 Å². The molecular formula is C25H22N2O3. The molecule has 5 heteroatoms. The van der Waals surface area contributed by atoms with Gasteiger partial charge in [-0.2, -0.15) is 0 Å². The third-order valence-corrected chi connectivity index (χ3v) is 4.19. The van der Waals surface area contributed by atoms with Crippen molar-refractivity contribution in [3.05, 3.63) is 108 Å². The number of benzene rings is 3. The Kier molecular flexibility index (Phi) is 7.17. The van der Waals surface area contributed by atoms with Crippen molar-refractivity contribution in [1.82, 2.24) is 5.32 Å². The second-order valence-electron chi connectivity index (χ2n) is 6.38. The van der Waals surface area contributed by atoms with Crippen LogP contribution in [0.25, 0.3) is 12.2 Å². The molecule has 0 unspecified atom stereocenters. The third kappa shape index (κ3) is 6.21. The fourth-order valence-electron chi connectivity index (χ4n) is 2.66. The summed E-state index contributed by atoms with van der Waals surface area (Å²) in [6.07, 6.45) is 4.72. The van der Waals surface area contributed by atoms with Gasteiger partial charge in [0.2, 0.25) is 5.91 Å². The summed E-state index contributed by atoms with van der Waals surface area (Å²) in [5, 5.41) is 5.47. The molecule has 0 aliphatic carbocycles. The second-order valence-corrected chi connectivity index (χ2v) is 6.38. The molecule has 0 saturated heterocycles. The molecule has 0 atom stereocenters. The standard InChI is InChI=1S/C25H22N2O3/c1-30-22-15-13-21(14-16-22)26-25(29)23(18-20-10-6-3-7-11-20)27-24(28)17-12-19-8-4-2-5-9-19/h2-18H,1H3,(H,26,29)(H,27,28). The summed E-state index contributed by atoms with van der Waals surface area (Å²) >= 11 is 0. The first-order chi connectivity index (χ1) is 14.6. The van der Waals surface area contributed by atoms with E-state index < -0.39 is 11.8 Å². The first kappa shape index (κ1) is 20.6. The van der Waals surface area contributed by atoms with Crippen LogP contribution in [0, 0.1) is 0 Å². The first-order valence-corrected chi connectivity index (χ1v) is 9.40. The highest BCUT2D eigenvalue weighted by Crippen LogP contribution is 2.16. The molecule has 2 amide bonds. The predicted octanol–water partition coefficient (Wildman–Crippen LogP) is 4.50. The van der Waals surface area contributed by atoms with Crippen molar-refractivity contribution in [3.8, 4) is 5.75 Å². The van der Waals surface area contributed by atoms with E-state index >= 15 is 0 Å². The molecule has 0 heterocycles. The summed E-state index contributed by atoms with van der Waals surface area (Å²) in [7, 11) is 1.58. The number of anilines is 1. The minimum atomic E-state index is -0.425. The number of ether oxygens (including phenoxy) is 1. The Morgan fingerprint density at radius 3 is 2.00 bits per heavy atom. The molecule has 0 radical (unpaired) electrons. The Bertz CT molecular complexity index is 1040. The zero-order valence-corrected chi connectivity index (χ0v) is 16.5. The fourth-order valence-corrected chi connectivity index (χ4v) is 2.66. The molecule has 0 saturated carbocycles. The van der Waals surface area contributed by atoms with E-state index in [-0.39, 0.29) is 5.70 Å². The molecular weight excluding hydrogens is 376 g/mol. The lowest BCUT2D eigenvalue weighted by molar-refractivity contribution is -0.118. The number of methoxy groups -OCH3 is 1. The van der Waals surface area contributed by atoms with Crippen LogP contribution < -0.4 is 15.4 Å². The maximum atomic E-state index is 12.8. The Balaban J connectivity index is 1.77. The Morgan fingerprint density at radius 1 is 0.800 bits per heavy atom. The lowest BCUT2D eigenvalue weighted by Gasteiger charge is -2.10. The van der Waals surface area contributed by atoms with Crippen LogP contribution in [-0.4, -0.2) is 18.9 Å². The van der Waals surface area contributed by atoms with E-state index in [4.69, 9.17) is 4.74 Å². The number of nitrogens with one attached hydrogen (secondary N) is 2. The van der Waals surface area contributed by atoms with Crippen LogP contribution in [0.4, 0.5) is 5.69 Å². The van der Waals surface area contributed by atoms with Crippen molar-refractivity contribution in [1.29, 1.82) is 0 Å². The lowest BCUT2D eigenvalue weighted by atomic mass is 10.1. The maximum absolute atomic E-state index is 12.8. The van der Waals surface area contributed by atoms with Gasteiger partial charge in [-0.15, -0.1) is 0 Å². The van der Waals surface area contributed by atoms with Gasteiger partial charge in [0.1, 0.15) is 11.4 Å². The molecule has 5 nitrogen and oxygen atoms in total. The van der Waals surface area contributed by atoms with Gasteiger partial charge < -0.3 is 15.4 Å². The minimum Gasteiger partial charge on any atom is -0.497 e. The van der Waals surface area contributed by atoms with E-state index in [9.17, 15) is 9.59 Å². The van der Waals surface area contributed by atoms with Crippen molar-refractivity contribution in [2.24, 2.45) is 0 Å². The summed E-state index contributed by atoms with van der Waals surface area (Å²) in [6.45, 7) is 0. The SMILES string of the molecule is COc1ccc(NC(=O)C(=Cc2ccccc2)NC(=O)C=Cc2ccccc2)cc1. The smallest absolute Gasteiger partial charge is 0.272 e. The average molecular weight is 398 g/mol. The molecule has 3 rings (SSSR count). The number of hydrogen-bond donors (Lipinski definition) is 2. The normalized spacial score (nSPS) is 11.2. The summed E-state index contributed by atoms with van der Waals surface area (Å²) in [4.78, 5) is 25.3. The Hall–Kier alpha value is -4.12. The number of amides is 2. The van der Waals surface area contributed by atoms with Crippen LogP contribution in [0.5, 0.6) is 5.75 Å². The van der Waals surface area contributed by atoms with Gasteiger partial charge in [0.15, 0.2) is 0 Å². The summed E-state index contributed by atoms with van der Waals surface area (Å²) < 4.78 is 5.13. The minimum absolute atomic E-state index is 0.139. The number of carbonyl (C=O) groups excluding carboxylic acids is 2. The van der Waals surface area contributed by atoms with Gasteiger partial charge >= 0.3 is 0 Å². The van der Waals surface area contributed by atoms with Gasteiger partial charge in [-0.1, -0.05) is 60.7 Å². The van der Waals surface area contributed by atoms with Gasteiger partial charge in [0.25, 0.3) is 5.91 Å². The summed E-state index contributed by atoms with van der Waals surface area (Å²) in [5.74, 6) is -0.135. The molecule has 3 aromatic carbocycles. The molecule has 150 valence electrons. The molecule has 0 fully saturated rings. The number of rotatable bonds is 7. The zero-order valence-electron chi connectivity index (χ0n) is 16.5. The van der Waals surface area contributed by atoms with Crippen molar-refractivity contribution < 1.29 is 14.3 Å². The molecule has 2 N–H and O–H groups in total. The predicted molar refractivity (Wildman–Crippen MR) is 120 cm³/mol. The molecule has 0 bridgehead atoms. The van der Waals surface area contributed by atoms with Crippen LogP contribution in [0.2, 0.25) is 0 Å². The molecule has 0 aliphatic heterocycles. The third-order valence-electron chi connectivity index (χ3n) is 4.19. The van der Waals surface area contributed by atoms with Crippen LogP contribution in [0.3, 0.4) is 0 Å². The monoisotopic (exact) mass is 398 g/mol. The summed E-state index contributed by atoms with van der Waals surface area (Å²) in [6, 6.07) is 25.7. The van der Waals surface area contributed by atoms with E-state index in [2.05, 4.69) is 10.6 Å². The van der Waals surface area contributed by atoms with E-state index in [1.807, 2.05) is 60.7 Å². The highest BCUT2D eigenvalue weighted by atomic mass is 16.5. The first-order valence-electron chi connectivity index (χ1n) is 9.40. The zero-order chi connectivity index (χ0) is 21.2. The molecule has 30 heavy (non-hydrogen) atoms. The second kappa shape index (κ2) is 10.4. The van der Waals surface area contributed by atoms with Crippen molar-refractivity contribution in [2.45, 2.75) is 0 Å². The van der Waals surface area contributed by atoms with Gasteiger partial charge in [-0.25, -0.2) is 0 Å². The lowest BCUT2D eigenvalue weighted by Crippen LogP contribution is -2.29. The highest BCUT2D eigenvalue weighted by Gasteiger charge is 2.12. The van der Waals surface area contributed by atoms with Crippen LogP contribution in [0.1, 0.15) is 11.1 Å². The maximum Gasteiger partial charge on any atom is 0.272 e. The average Bonchev–Trinajstić information content (AvgIpc) is 2.79. The fraction of sp³-hybridized carbons (Fsp3) is 0.0400. The van der Waals surface area contributed by atoms with Gasteiger partial charge in [-0.3, -0.25) is 9.59 Å². The van der Waals surface area contributed by atoms with Crippen LogP contribution in [0.15, 0.2) is 96.7 Å². The van der Waals surface area contributed by atoms with E-state index in [1.54, 1.807) is 43.5 Å². The molecule has 0 aliphatic rings. The molecule has 3 aromatic rings. The quantitative estimate of drug-likeness (QED) is 0.576. The van der Waals surface area contributed by atoms with Gasteiger partial charge in [0, 0.05) is 11.8 Å². The van der Waals surface area contributed by atoms with Crippen molar-refractivity contribution in [3.63, 3.8) is 0 Å². The van der Waals surface area contributed by atoms with E-state index in [0.29, 0.717) is 11.4 Å². The highest BCUT2D eigenvalue weighted by molar-refractivity contribution is 6.10. The van der Waals surface area contributed by atoms with Crippen LogP contribution in [-0.2, 0) is 9.59 Å². The van der Waals surface area contributed by atoms with Crippen molar-refractivity contribution in [2.75, 3.05) is 12.4 Å². The molecule has 0 spiro atoms. The number of hydrogen-bond acceptors (Lipinski definition) is 3. The topological polar surface area (TPSA) is 67.4 Å². The number of carbonyl (C=O) groups is 2. The Morgan fingerprint density at radius 2 is 1.40 bits per heavy atom. The van der Waals surface area contributed by atoms with E-state index in [1.165, 1.54) is 6.08 Å².